The lowest BCUT2D eigenvalue weighted by molar-refractivity contribution is -0.383. The predicted octanol–water partition coefficient (Wildman–Crippen LogP) is 12.2. The van der Waals surface area contributed by atoms with Crippen molar-refractivity contribution in [1.82, 2.24) is 15.0 Å². The summed E-state index contributed by atoms with van der Waals surface area (Å²) in [6.07, 6.45) is 5.30. The third kappa shape index (κ3) is 14.2. The first-order valence-corrected chi connectivity index (χ1v) is 21.8. The first-order chi connectivity index (χ1) is 34.1. The smallest absolute Gasteiger partial charge is 0.277 e. The van der Waals surface area contributed by atoms with Crippen LogP contribution >= 0.6 is 0 Å². The van der Waals surface area contributed by atoms with Crippen LogP contribution in [0.3, 0.4) is 0 Å². The van der Waals surface area contributed by atoms with Crippen molar-refractivity contribution in [2.75, 3.05) is 11.5 Å². The zero-order valence-corrected chi connectivity index (χ0v) is 39.0. The van der Waals surface area contributed by atoms with E-state index < -0.39 is 9.85 Å². The van der Waals surface area contributed by atoms with Crippen molar-refractivity contribution in [2.24, 2.45) is 0 Å². The number of pyridine rings is 3. The summed E-state index contributed by atoms with van der Waals surface area (Å²) >= 11 is 0. The van der Waals surface area contributed by atoms with Crippen LogP contribution < -0.4 is 25.7 Å². The van der Waals surface area contributed by atoms with E-state index in [0.717, 1.165) is 22.2 Å². The molecular weight excluding hydrogens is 907 g/mol. The fourth-order valence-corrected chi connectivity index (χ4v) is 7.01. The highest BCUT2D eigenvalue weighted by Crippen LogP contribution is 2.37. The van der Waals surface area contributed by atoms with E-state index in [1.54, 1.807) is 116 Å². The summed E-state index contributed by atoms with van der Waals surface area (Å²) in [5.41, 5.74) is 13.7. The summed E-state index contributed by atoms with van der Waals surface area (Å²) in [5.74, 6) is 4.08. The number of nitrogens with zero attached hydrogens (tertiary/aromatic N) is 5. The summed E-state index contributed by atoms with van der Waals surface area (Å²) in [4.78, 5) is 65.5. The summed E-state index contributed by atoms with van der Waals surface area (Å²) in [7, 11) is 0. The van der Waals surface area contributed by atoms with Crippen LogP contribution in [0.2, 0.25) is 0 Å². The van der Waals surface area contributed by atoms with Crippen LogP contribution in [0.15, 0.2) is 164 Å². The van der Waals surface area contributed by atoms with Gasteiger partial charge in [-0.05, 0) is 82.3 Å². The van der Waals surface area contributed by atoms with Gasteiger partial charge in [0.15, 0.2) is 0 Å². The van der Waals surface area contributed by atoms with E-state index in [2.05, 4.69) is 15.0 Å². The summed E-state index contributed by atoms with van der Waals surface area (Å²) < 4.78 is 17.6. The van der Waals surface area contributed by atoms with Crippen LogP contribution in [0.25, 0.3) is 32.3 Å². The molecule has 0 saturated carbocycles. The van der Waals surface area contributed by atoms with E-state index in [-0.39, 0.29) is 36.6 Å². The minimum absolute atomic E-state index is 0. The molecule has 17 heteroatoms. The van der Waals surface area contributed by atoms with Crippen molar-refractivity contribution >= 4 is 72.5 Å². The van der Waals surface area contributed by atoms with Crippen molar-refractivity contribution < 1.29 is 39.9 Å². The highest BCUT2D eigenvalue weighted by molar-refractivity contribution is 5.98. The van der Waals surface area contributed by atoms with Crippen LogP contribution in [-0.4, -0.2) is 42.1 Å². The maximum Gasteiger partial charge on any atom is 0.277 e. The van der Waals surface area contributed by atoms with Crippen LogP contribution in [-0.2, 0) is 27.2 Å². The number of non-ortho nitro benzene ring substituents is 2. The number of nitrogens with two attached hydrogens (primary N) is 2. The largest absolute Gasteiger partial charge is 0.457 e. The zero-order chi connectivity index (χ0) is 51.0. The van der Waals surface area contributed by atoms with Crippen molar-refractivity contribution in [3.05, 3.63) is 196 Å². The molecule has 3 heterocycles. The molecule has 0 aliphatic carbocycles. The number of aromatic nitrogens is 3. The fraction of sp³-hybridized carbons (Fsp3) is 0.111. The molecule has 9 rings (SSSR count). The van der Waals surface area contributed by atoms with Gasteiger partial charge in [0, 0.05) is 90.4 Å². The lowest BCUT2D eigenvalue weighted by atomic mass is 10.1. The molecule has 0 bridgehead atoms. The van der Waals surface area contributed by atoms with E-state index >= 15 is 0 Å². The molecule has 0 aliphatic rings. The van der Waals surface area contributed by atoms with Gasteiger partial charge in [0.25, 0.3) is 11.4 Å². The van der Waals surface area contributed by atoms with Crippen molar-refractivity contribution in [3.63, 3.8) is 0 Å². The number of ether oxygens (including phenoxy) is 3. The van der Waals surface area contributed by atoms with Gasteiger partial charge in [-0.25, -0.2) is 4.98 Å². The number of nitro benzene ring substituents is 2. The van der Waals surface area contributed by atoms with Crippen molar-refractivity contribution in [2.45, 2.75) is 40.5 Å². The first-order valence-electron chi connectivity index (χ1n) is 21.8. The maximum atomic E-state index is 11.2. The number of carbonyl (C=O) groups excluding carboxylic acids is 3. The van der Waals surface area contributed by atoms with Crippen LogP contribution in [0.1, 0.15) is 40.5 Å². The second kappa shape index (κ2) is 23.9. The van der Waals surface area contributed by atoms with E-state index in [4.69, 9.17) is 25.7 Å². The molecule has 0 amide bonds. The SMILES string of the molecule is CC(=O)Cc1cc(Oc2ccc(N)c3ccccc23)ccn1.CC(=O)Cc1cc(Oc2ccc([N+](=O)[O-])c3ccccc23)ccn1.CC(C)=O.Nc1cc(Oc2ccc([N+](=O)[O-])c3ccccc23)ccn1.[HH]. The lowest BCUT2D eigenvalue weighted by Crippen LogP contribution is -1.99. The summed E-state index contributed by atoms with van der Waals surface area (Å²) in [5, 5.41) is 26.5. The molecule has 3 aromatic heterocycles. The monoisotopic (exact) mass is 955 g/mol. The number of benzene rings is 6. The molecule has 0 atom stereocenters. The quantitative estimate of drug-likeness (QED) is 0.0655. The highest BCUT2D eigenvalue weighted by Gasteiger charge is 2.17. The number of hydrogen-bond acceptors (Lipinski definition) is 15. The number of Topliss-reactive ketones (excluding diaryl/α,β-unsaturated/α-hetero) is 3. The van der Waals surface area contributed by atoms with Crippen molar-refractivity contribution in [3.8, 4) is 34.5 Å². The number of ketones is 3. The predicted molar refractivity (Wildman–Crippen MR) is 274 cm³/mol. The molecule has 6 aromatic carbocycles. The molecule has 9 aromatic rings. The summed E-state index contributed by atoms with van der Waals surface area (Å²) in [6, 6.07) is 41.8. The minimum atomic E-state index is -0.413. The van der Waals surface area contributed by atoms with E-state index in [0.29, 0.717) is 73.9 Å². The van der Waals surface area contributed by atoms with E-state index in [9.17, 15) is 34.6 Å². The molecule has 0 aliphatic heterocycles. The van der Waals surface area contributed by atoms with E-state index in [1.807, 2.05) is 36.4 Å². The Morgan fingerprint density at radius 1 is 0.479 bits per heavy atom. The van der Waals surface area contributed by atoms with Gasteiger partial charge in [-0.15, -0.1) is 0 Å². The maximum absolute atomic E-state index is 11.2. The molecule has 17 nitrogen and oxygen atoms in total. The Morgan fingerprint density at radius 3 is 1.20 bits per heavy atom. The van der Waals surface area contributed by atoms with Crippen LogP contribution in [0.5, 0.6) is 34.5 Å². The van der Waals surface area contributed by atoms with Crippen molar-refractivity contribution in [1.29, 1.82) is 0 Å². The van der Waals surface area contributed by atoms with Gasteiger partial charge < -0.3 is 30.5 Å². The number of hydrogen-bond donors (Lipinski definition) is 2. The van der Waals surface area contributed by atoms with Gasteiger partial charge in [0.2, 0.25) is 0 Å². The number of anilines is 2. The Labute approximate surface area is 408 Å². The first kappa shape index (κ1) is 50.8. The molecule has 0 saturated heterocycles. The zero-order valence-electron chi connectivity index (χ0n) is 39.0. The third-order valence-corrected chi connectivity index (χ3v) is 9.91. The van der Waals surface area contributed by atoms with Gasteiger partial charge in [-0.1, -0.05) is 60.7 Å². The Bertz CT molecular complexity index is 3420. The lowest BCUT2D eigenvalue weighted by Gasteiger charge is -2.11. The average Bonchev–Trinajstić information content (AvgIpc) is 3.33. The summed E-state index contributed by atoms with van der Waals surface area (Å²) in [6.45, 7) is 6.10. The molecular formula is C54H49N7O10. The molecule has 4 N–H and O–H groups in total. The standard InChI is InChI=1S/C18H14N2O4.C18H16N2O2.C15H11N3O3.C3H6O.H2/c1-12(21)10-13-11-14(8-9-19-13)24-18-7-6-17(20(22)23)15-4-2-3-5-16(15)18;1-12(21)10-13-11-14(8-9-20-13)22-18-7-6-17(19)15-4-2-3-5-16(15)18;16-15-9-10(7-8-17-15)21-14-6-5-13(18(19)20)11-3-1-2-4-12(11)14;1-3(2)4;/h2-9,11H,10H2,1H3;2-9,11H,10,19H2,1H3;1-9H,(H2,16,17);1-2H3;1H. The number of rotatable bonds is 12. The van der Waals surface area contributed by atoms with Gasteiger partial charge in [0.1, 0.15) is 57.7 Å². The van der Waals surface area contributed by atoms with Crippen LogP contribution in [0.4, 0.5) is 22.9 Å². The second-order valence-corrected chi connectivity index (χ2v) is 15.8. The minimum Gasteiger partial charge on any atom is -0.457 e. The fourth-order valence-electron chi connectivity index (χ4n) is 7.01. The van der Waals surface area contributed by atoms with Gasteiger partial charge in [0.05, 0.1) is 32.0 Å². The Hall–Kier alpha value is -9.64. The Kier molecular flexibility index (Phi) is 17.1. The Morgan fingerprint density at radius 2 is 0.817 bits per heavy atom. The molecule has 0 radical (unpaired) electrons. The Balaban J connectivity index is 0.000000192. The van der Waals surface area contributed by atoms with Gasteiger partial charge >= 0.3 is 0 Å². The van der Waals surface area contributed by atoms with E-state index in [1.165, 1.54) is 39.1 Å². The topological polar surface area (TPSA) is 256 Å². The number of carbonyl (C=O) groups is 3. The number of nitrogen functional groups attached to an aromatic ring is 2. The molecule has 0 fully saturated rings. The average molecular weight is 956 g/mol. The third-order valence-electron chi connectivity index (χ3n) is 9.91. The number of nitro groups is 2. The molecule has 360 valence electrons. The molecule has 0 unspecified atom stereocenters. The molecule has 0 spiro atoms. The molecule has 71 heavy (non-hydrogen) atoms. The van der Waals surface area contributed by atoms with Crippen LogP contribution in [0, 0.1) is 20.2 Å². The van der Waals surface area contributed by atoms with Gasteiger partial charge in [-0.3, -0.25) is 39.8 Å². The number of fused-ring (bicyclic) bond motifs is 3. The highest BCUT2D eigenvalue weighted by atomic mass is 16.6. The second-order valence-electron chi connectivity index (χ2n) is 15.8. The van der Waals surface area contributed by atoms with Gasteiger partial charge in [-0.2, -0.15) is 0 Å². The normalized spacial score (nSPS) is 10.3.